The van der Waals surface area contributed by atoms with E-state index in [-0.39, 0.29) is 24.0 Å². The largest absolute Gasteiger partial charge is 0.369 e. The van der Waals surface area contributed by atoms with Crippen molar-refractivity contribution in [2.75, 3.05) is 36.0 Å². The molecule has 0 spiro atoms. The number of anilines is 2. The number of carbonyl (C=O) groups excluding carboxylic acids is 3. The fraction of sp³-hybridized carbons (Fsp3) is 0.269. The molecule has 0 radical (unpaired) electrons. The molecule has 32 heavy (non-hydrogen) atoms. The van der Waals surface area contributed by atoms with Crippen molar-refractivity contribution in [3.63, 3.8) is 0 Å². The molecule has 0 aliphatic carbocycles. The maximum atomic E-state index is 13.3. The summed E-state index contributed by atoms with van der Waals surface area (Å²) in [5, 5.41) is 1.93. The van der Waals surface area contributed by atoms with Crippen molar-refractivity contribution in [1.29, 1.82) is 0 Å². The first-order valence-corrected chi connectivity index (χ1v) is 11.0. The molecule has 2 fully saturated rings. The molecule has 5 rings (SSSR count). The van der Waals surface area contributed by atoms with E-state index in [1.165, 1.54) is 4.90 Å². The van der Waals surface area contributed by atoms with Gasteiger partial charge < -0.3 is 4.90 Å². The van der Waals surface area contributed by atoms with Crippen molar-refractivity contribution in [1.82, 2.24) is 4.90 Å². The number of ketones is 1. The van der Waals surface area contributed by atoms with Crippen LogP contribution >= 0.6 is 0 Å². The summed E-state index contributed by atoms with van der Waals surface area (Å²) in [6.45, 7) is 4.52. The normalized spacial score (nSPS) is 19.7. The van der Waals surface area contributed by atoms with Gasteiger partial charge in [-0.05, 0) is 42.6 Å². The van der Waals surface area contributed by atoms with Crippen LogP contribution in [0.4, 0.5) is 11.4 Å². The van der Waals surface area contributed by atoms with Crippen molar-refractivity contribution in [3.05, 3.63) is 72.3 Å². The van der Waals surface area contributed by atoms with Crippen LogP contribution in [0.25, 0.3) is 10.8 Å². The van der Waals surface area contributed by atoms with Gasteiger partial charge in [-0.3, -0.25) is 19.3 Å². The number of amides is 2. The Hall–Kier alpha value is -3.51. The molecule has 2 amide bonds. The first kappa shape index (κ1) is 20.4. The molecule has 2 heterocycles. The van der Waals surface area contributed by atoms with Crippen molar-refractivity contribution in [3.8, 4) is 0 Å². The number of fused-ring (bicyclic) bond motifs is 1. The molecule has 0 N–H and O–H groups in total. The molecule has 2 aliphatic rings. The first-order valence-electron chi connectivity index (χ1n) is 11.0. The van der Waals surface area contributed by atoms with Crippen LogP contribution in [-0.2, 0) is 9.59 Å². The summed E-state index contributed by atoms with van der Waals surface area (Å²) in [7, 11) is 0. The summed E-state index contributed by atoms with van der Waals surface area (Å²) in [4.78, 5) is 43.5. The number of rotatable bonds is 4. The van der Waals surface area contributed by atoms with Gasteiger partial charge in [0, 0.05) is 42.8 Å². The Labute approximate surface area is 187 Å². The van der Waals surface area contributed by atoms with E-state index in [0.29, 0.717) is 24.3 Å². The highest BCUT2D eigenvalue weighted by Crippen LogP contribution is 2.32. The van der Waals surface area contributed by atoms with Crippen molar-refractivity contribution in [2.24, 2.45) is 0 Å². The Morgan fingerprint density at radius 3 is 2.25 bits per heavy atom. The number of imide groups is 1. The monoisotopic (exact) mass is 427 g/mol. The fourth-order valence-electron chi connectivity index (χ4n) is 4.76. The van der Waals surface area contributed by atoms with E-state index >= 15 is 0 Å². The fourth-order valence-corrected chi connectivity index (χ4v) is 4.76. The summed E-state index contributed by atoms with van der Waals surface area (Å²) in [5.74, 6) is -0.217. The number of benzene rings is 3. The average molecular weight is 428 g/mol. The van der Waals surface area contributed by atoms with Gasteiger partial charge in [-0.25, -0.2) is 4.90 Å². The van der Waals surface area contributed by atoms with Gasteiger partial charge in [0.15, 0.2) is 5.78 Å². The summed E-state index contributed by atoms with van der Waals surface area (Å²) >= 11 is 0. The zero-order valence-corrected chi connectivity index (χ0v) is 18.0. The highest BCUT2D eigenvalue weighted by molar-refractivity contribution is 6.25. The Kier molecular flexibility index (Phi) is 5.23. The second kappa shape index (κ2) is 8.20. The van der Waals surface area contributed by atoms with E-state index in [4.69, 9.17) is 0 Å². The van der Waals surface area contributed by atoms with Crippen molar-refractivity contribution < 1.29 is 14.4 Å². The van der Waals surface area contributed by atoms with Gasteiger partial charge in [0.2, 0.25) is 5.91 Å². The minimum atomic E-state index is -0.413. The Bertz CT molecular complexity index is 1190. The molecule has 6 heteroatoms. The molecular formula is C26H25N3O3. The Morgan fingerprint density at radius 2 is 1.53 bits per heavy atom. The van der Waals surface area contributed by atoms with Crippen LogP contribution < -0.4 is 9.80 Å². The molecule has 0 saturated carbocycles. The maximum absolute atomic E-state index is 13.3. The van der Waals surface area contributed by atoms with Gasteiger partial charge in [0.25, 0.3) is 5.91 Å². The predicted molar refractivity (Wildman–Crippen MR) is 125 cm³/mol. The van der Waals surface area contributed by atoms with E-state index in [9.17, 15) is 14.4 Å². The quantitative estimate of drug-likeness (QED) is 0.471. The van der Waals surface area contributed by atoms with Crippen LogP contribution in [0.2, 0.25) is 0 Å². The zero-order valence-electron chi connectivity index (χ0n) is 18.0. The van der Waals surface area contributed by atoms with Crippen LogP contribution in [0.15, 0.2) is 66.7 Å². The van der Waals surface area contributed by atoms with Crippen molar-refractivity contribution >= 4 is 39.7 Å². The summed E-state index contributed by atoms with van der Waals surface area (Å²) in [5.41, 5.74) is 2.45. The summed E-state index contributed by atoms with van der Waals surface area (Å²) < 4.78 is 0. The second-order valence-electron chi connectivity index (χ2n) is 8.41. The van der Waals surface area contributed by atoms with Gasteiger partial charge in [0.1, 0.15) is 0 Å². The second-order valence-corrected chi connectivity index (χ2v) is 8.41. The summed E-state index contributed by atoms with van der Waals surface area (Å²) in [6.07, 6.45) is 0.218. The van der Waals surface area contributed by atoms with E-state index in [0.717, 1.165) is 29.5 Å². The third-order valence-corrected chi connectivity index (χ3v) is 6.52. The van der Waals surface area contributed by atoms with E-state index in [1.54, 1.807) is 6.92 Å². The Morgan fingerprint density at radius 1 is 0.844 bits per heavy atom. The van der Waals surface area contributed by atoms with Gasteiger partial charge in [0.05, 0.1) is 18.2 Å². The number of hydrogen-bond acceptors (Lipinski definition) is 5. The Balaban J connectivity index is 1.30. The first-order chi connectivity index (χ1) is 15.5. The van der Waals surface area contributed by atoms with E-state index in [2.05, 4.69) is 9.80 Å². The van der Waals surface area contributed by atoms with E-state index < -0.39 is 6.04 Å². The maximum Gasteiger partial charge on any atom is 0.251 e. The van der Waals surface area contributed by atoms with Crippen LogP contribution in [0, 0.1) is 0 Å². The highest BCUT2D eigenvalue weighted by atomic mass is 16.2. The number of piperazine rings is 1. The van der Waals surface area contributed by atoms with Crippen LogP contribution in [-0.4, -0.2) is 54.7 Å². The molecule has 1 unspecified atom stereocenters. The number of nitrogens with zero attached hydrogens (tertiary/aromatic N) is 3. The standard InChI is InChI=1S/C26H25N3O3/c1-18(30)19-9-11-21(12-10-19)27-13-15-28(16-14-27)24-17-25(31)29(26(24)32)23-8-4-6-20-5-2-3-7-22(20)23/h2-12,24H,13-17H2,1H3. The molecule has 2 saturated heterocycles. The average Bonchev–Trinajstić information content (AvgIpc) is 3.12. The lowest BCUT2D eigenvalue weighted by molar-refractivity contribution is -0.123. The molecule has 2 aliphatic heterocycles. The summed E-state index contributed by atoms with van der Waals surface area (Å²) in [6, 6.07) is 20.8. The van der Waals surface area contributed by atoms with Gasteiger partial charge in [-0.15, -0.1) is 0 Å². The minimum absolute atomic E-state index is 0.0570. The predicted octanol–water partition coefficient (Wildman–Crippen LogP) is 3.50. The smallest absolute Gasteiger partial charge is 0.251 e. The topological polar surface area (TPSA) is 60.9 Å². The lowest BCUT2D eigenvalue weighted by Gasteiger charge is -2.38. The molecule has 3 aromatic carbocycles. The highest BCUT2D eigenvalue weighted by Gasteiger charge is 2.43. The van der Waals surface area contributed by atoms with Crippen LogP contribution in [0.3, 0.4) is 0 Å². The van der Waals surface area contributed by atoms with E-state index in [1.807, 2.05) is 66.7 Å². The SMILES string of the molecule is CC(=O)c1ccc(N2CCN(C3CC(=O)N(c4cccc5ccccc45)C3=O)CC2)cc1. The van der Waals surface area contributed by atoms with Crippen molar-refractivity contribution in [2.45, 2.75) is 19.4 Å². The van der Waals surface area contributed by atoms with Crippen LogP contribution in [0.1, 0.15) is 23.7 Å². The van der Waals surface area contributed by atoms with Crippen LogP contribution in [0.5, 0.6) is 0 Å². The molecule has 6 nitrogen and oxygen atoms in total. The molecule has 3 aromatic rings. The molecular weight excluding hydrogens is 402 g/mol. The molecule has 1 atom stereocenters. The van der Waals surface area contributed by atoms with Gasteiger partial charge in [-0.2, -0.15) is 0 Å². The number of Topliss-reactive ketones (excluding diaryl/α,β-unsaturated/α-hetero) is 1. The third kappa shape index (κ3) is 3.56. The lowest BCUT2D eigenvalue weighted by Crippen LogP contribution is -2.52. The van der Waals surface area contributed by atoms with Gasteiger partial charge >= 0.3 is 0 Å². The van der Waals surface area contributed by atoms with Gasteiger partial charge in [-0.1, -0.05) is 36.4 Å². The molecule has 162 valence electrons. The number of hydrogen-bond donors (Lipinski definition) is 0. The lowest BCUT2D eigenvalue weighted by atomic mass is 10.1. The zero-order chi connectivity index (χ0) is 22.2. The minimum Gasteiger partial charge on any atom is -0.369 e. The third-order valence-electron chi connectivity index (χ3n) is 6.52. The molecule has 0 aromatic heterocycles. The molecule has 0 bridgehead atoms. The number of carbonyl (C=O) groups is 3.